The van der Waals surface area contributed by atoms with Crippen molar-refractivity contribution in [1.29, 1.82) is 5.59 Å². The van der Waals surface area contributed by atoms with Gasteiger partial charge in [-0.25, -0.2) is 0 Å². The van der Waals surface area contributed by atoms with Gasteiger partial charge in [0, 0.05) is 11.1 Å². The first-order valence-corrected chi connectivity index (χ1v) is 3.89. The van der Waals surface area contributed by atoms with E-state index in [9.17, 15) is 0 Å². The number of benzene rings is 1. The molecule has 0 fully saturated rings. The summed E-state index contributed by atoms with van der Waals surface area (Å²) in [6.07, 6.45) is 0. The highest BCUT2D eigenvalue weighted by Crippen LogP contribution is 2.10. The van der Waals surface area contributed by atoms with Crippen LogP contribution >= 0.6 is 0 Å². The molecule has 0 unspecified atom stereocenters. The Morgan fingerprint density at radius 3 is 2.54 bits per heavy atom. The van der Waals surface area contributed by atoms with Crippen molar-refractivity contribution in [2.75, 3.05) is 0 Å². The number of para-hydroxylation sites is 1. The zero-order valence-corrected chi connectivity index (χ0v) is 7.32. The molecule has 1 aromatic carbocycles. The molecule has 0 spiro atoms. The van der Waals surface area contributed by atoms with Crippen molar-refractivity contribution in [3.05, 3.63) is 47.0 Å². The van der Waals surface area contributed by atoms with Crippen molar-refractivity contribution in [2.45, 2.75) is 6.92 Å². The number of pyridine rings is 1. The number of nitrogens with one attached hydrogen (secondary N) is 1. The molecular weight excluding hydrogens is 164 g/mol. The highest BCUT2D eigenvalue weighted by Gasteiger charge is 1.90. The number of hydrogen-bond acceptors (Lipinski definition) is 3. The number of nitroso groups, excluding NO2 is 1. The lowest BCUT2D eigenvalue weighted by Gasteiger charge is -1.95. The van der Waals surface area contributed by atoms with E-state index in [0.29, 0.717) is 0 Å². The molecule has 3 nitrogen and oxygen atoms in total. The second kappa shape index (κ2) is 4.30. The smallest absolute Gasteiger partial charge is 0.0705 e. The van der Waals surface area contributed by atoms with Crippen LogP contribution in [0.25, 0.3) is 10.9 Å². The van der Waals surface area contributed by atoms with Crippen molar-refractivity contribution in [1.82, 2.24) is 4.98 Å². The van der Waals surface area contributed by atoms with E-state index in [4.69, 9.17) is 4.91 Å². The van der Waals surface area contributed by atoms with Crippen molar-refractivity contribution in [3.8, 4) is 0 Å². The van der Waals surface area contributed by atoms with Crippen LogP contribution in [0.3, 0.4) is 0 Å². The summed E-state index contributed by atoms with van der Waals surface area (Å²) in [5.74, 6) is 0. The lowest BCUT2D eigenvalue weighted by atomic mass is 10.2. The number of hydrogen-bond donors (Lipinski definition) is 1. The SMILES string of the molecule is Cc1ccc2ccccc2n1.N=O. The minimum absolute atomic E-state index is 1.07. The number of fused-ring (bicyclic) bond motifs is 1. The Labute approximate surface area is 76.2 Å². The van der Waals surface area contributed by atoms with Gasteiger partial charge < -0.3 is 0 Å². The molecule has 2 aromatic rings. The lowest BCUT2D eigenvalue weighted by Crippen LogP contribution is -1.80. The molecule has 0 amide bonds. The van der Waals surface area contributed by atoms with Gasteiger partial charge in [0.25, 0.3) is 0 Å². The molecule has 0 aliphatic carbocycles. The average Bonchev–Trinajstić information content (AvgIpc) is 2.21. The van der Waals surface area contributed by atoms with Crippen LogP contribution in [0.1, 0.15) is 5.69 Å². The third kappa shape index (κ3) is 2.08. The van der Waals surface area contributed by atoms with Gasteiger partial charge in [-0.15, -0.1) is 0 Å². The van der Waals surface area contributed by atoms with E-state index in [1.165, 1.54) is 5.39 Å². The Hall–Kier alpha value is -1.77. The van der Waals surface area contributed by atoms with E-state index in [2.05, 4.69) is 22.7 Å². The third-order valence-corrected chi connectivity index (χ3v) is 1.74. The van der Waals surface area contributed by atoms with E-state index in [-0.39, 0.29) is 0 Å². The molecule has 0 atom stereocenters. The van der Waals surface area contributed by atoms with Crippen LogP contribution in [-0.2, 0) is 0 Å². The first-order chi connectivity index (χ1) is 6.36. The summed E-state index contributed by atoms with van der Waals surface area (Å²) in [4.78, 5) is 11.9. The van der Waals surface area contributed by atoms with Gasteiger partial charge in [-0.05, 0) is 19.1 Å². The van der Waals surface area contributed by atoms with Gasteiger partial charge in [0.15, 0.2) is 0 Å². The van der Waals surface area contributed by atoms with E-state index < -0.39 is 0 Å². The zero-order valence-electron chi connectivity index (χ0n) is 7.32. The average molecular weight is 174 g/mol. The van der Waals surface area contributed by atoms with Crippen molar-refractivity contribution in [2.24, 2.45) is 0 Å². The predicted octanol–water partition coefficient (Wildman–Crippen LogP) is 2.87. The Morgan fingerprint density at radius 2 is 1.77 bits per heavy atom. The van der Waals surface area contributed by atoms with Crippen molar-refractivity contribution >= 4 is 10.9 Å². The normalized spacial score (nSPS) is 9.00. The molecule has 0 aliphatic heterocycles. The fourth-order valence-corrected chi connectivity index (χ4v) is 1.17. The maximum Gasteiger partial charge on any atom is 0.0705 e. The molecular formula is C10H10N2O. The molecule has 13 heavy (non-hydrogen) atoms. The fourth-order valence-electron chi connectivity index (χ4n) is 1.17. The second-order valence-corrected chi connectivity index (χ2v) is 2.65. The van der Waals surface area contributed by atoms with Crippen LogP contribution in [-0.4, -0.2) is 4.98 Å². The zero-order chi connectivity index (χ0) is 9.68. The lowest BCUT2D eigenvalue weighted by molar-refractivity contribution is 1.26. The molecule has 2 rings (SSSR count). The minimum Gasteiger partial charge on any atom is -0.253 e. The maximum atomic E-state index is 7.50. The van der Waals surface area contributed by atoms with Crippen LogP contribution in [0.15, 0.2) is 36.4 Å². The van der Waals surface area contributed by atoms with Gasteiger partial charge in [-0.2, -0.15) is 4.91 Å². The summed E-state index contributed by atoms with van der Waals surface area (Å²) in [5, 5.41) is 1.21. The second-order valence-electron chi connectivity index (χ2n) is 2.65. The van der Waals surface area contributed by atoms with Crippen LogP contribution in [0.4, 0.5) is 0 Å². The molecule has 0 bridgehead atoms. The minimum atomic E-state index is 1.07. The quantitative estimate of drug-likeness (QED) is 0.624. The molecule has 3 heteroatoms. The summed E-state index contributed by atoms with van der Waals surface area (Å²) in [7, 11) is 0. The van der Waals surface area contributed by atoms with Crippen molar-refractivity contribution in [3.63, 3.8) is 0 Å². The highest BCUT2D eigenvalue weighted by molar-refractivity contribution is 5.78. The van der Waals surface area contributed by atoms with E-state index in [1.807, 2.05) is 31.2 Å². The van der Waals surface area contributed by atoms with Gasteiger partial charge in [-0.1, -0.05) is 29.9 Å². The molecule has 0 saturated carbocycles. The van der Waals surface area contributed by atoms with E-state index in [0.717, 1.165) is 11.2 Å². The first-order valence-electron chi connectivity index (χ1n) is 3.89. The highest BCUT2D eigenvalue weighted by atomic mass is 16.2. The van der Waals surface area contributed by atoms with Gasteiger partial charge in [0.2, 0.25) is 0 Å². The molecule has 0 radical (unpaired) electrons. The molecule has 0 saturated heterocycles. The Kier molecular flexibility index (Phi) is 3.09. The molecule has 66 valence electrons. The Balaban J connectivity index is 0.000000396. The Morgan fingerprint density at radius 1 is 1.08 bits per heavy atom. The number of aromatic nitrogens is 1. The number of aryl methyl sites for hydroxylation is 1. The fraction of sp³-hybridized carbons (Fsp3) is 0.100. The first kappa shape index (κ1) is 9.32. The molecule has 1 N–H and O–H groups in total. The molecule has 0 aliphatic rings. The standard InChI is InChI=1S/C10H9N.HNO/c1-8-6-7-9-4-2-3-5-10(9)11-8;1-2/h2-7H,1H3;1H. The summed E-state index contributed by atoms with van der Waals surface area (Å²) in [5.41, 5.74) is 6.65. The monoisotopic (exact) mass is 174 g/mol. The number of rotatable bonds is 0. The van der Waals surface area contributed by atoms with Gasteiger partial charge in [0.05, 0.1) is 5.52 Å². The van der Waals surface area contributed by atoms with E-state index >= 15 is 0 Å². The van der Waals surface area contributed by atoms with Gasteiger partial charge >= 0.3 is 0 Å². The van der Waals surface area contributed by atoms with Crippen LogP contribution < -0.4 is 0 Å². The van der Waals surface area contributed by atoms with Crippen molar-refractivity contribution < 1.29 is 0 Å². The number of nitrogens with zero attached hydrogens (tertiary/aromatic N) is 1. The van der Waals surface area contributed by atoms with Gasteiger partial charge in [-0.3, -0.25) is 4.98 Å². The summed E-state index contributed by atoms with van der Waals surface area (Å²) in [6, 6.07) is 12.3. The maximum absolute atomic E-state index is 7.50. The van der Waals surface area contributed by atoms with E-state index in [1.54, 1.807) is 0 Å². The largest absolute Gasteiger partial charge is 0.253 e. The summed E-state index contributed by atoms with van der Waals surface area (Å²) >= 11 is 0. The van der Waals surface area contributed by atoms with Gasteiger partial charge in [0.1, 0.15) is 0 Å². The van der Waals surface area contributed by atoms with Crippen LogP contribution in [0.5, 0.6) is 0 Å². The molecule has 1 aromatic heterocycles. The van der Waals surface area contributed by atoms with Crippen LogP contribution in [0.2, 0.25) is 0 Å². The van der Waals surface area contributed by atoms with Crippen LogP contribution in [0, 0.1) is 17.4 Å². The summed E-state index contributed by atoms with van der Waals surface area (Å²) < 4.78 is 0. The molecule has 1 heterocycles. The third-order valence-electron chi connectivity index (χ3n) is 1.74. The Bertz CT molecular complexity index is 401. The predicted molar refractivity (Wildman–Crippen MR) is 52.6 cm³/mol. The topological polar surface area (TPSA) is 53.8 Å². The summed E-state index contributed by atoms with van der Waals surface area (Å²) in [6.45, 7) is 2.01.